The first kappa shape index (κ1) is 14.3. The van der Waals surface area contributed by atoms with Crippen molar-refractivity contribution in [2.75, 3.05) is 25.6 Å². The Morgan fingerprint density at radius 2 is 1.90 bits per heavy atom. The fourth-order valence-corrected chi connectivity index (χ4v) is 1.91. The lowest BCUT2D eigenvalue weighted by Gasteiger charge is -2.28. The molecule has 20 heavy (non-hydrogen) atoms. The molecule has 1 aromatic carbocycles. The molecule has 0 unspecified atom stereocenters. The first-order valence-corrected chi connectivity index (χ1v) is 6.07. The summed E-state index contributed by atoms with van der Waals surface area (Å²) in [4.78, 5) is 15.1. The number of aliphatic hydroxyl groups is 3. The van der Waals surface area contributed by atoms with E-state index in [1.54, 1.807) is 18.2 Å². The highest BCUT2D eigenvalue weighted by Gasteiger charge is 2.31. The molecule has 0 aliphatic carbocycles. The summed E-state index contributed by atoms with van der Waals surface area (Å²) in [5, 5.41) is 30.8. The second kappa shape index (κ2) is 5.49. The molecule has 2 rings (SSSR count). The highest BCUT2D eigenvalue weighted by Crippen LogP contribution is 2.21. The molecule has 1 heterocycles. The lowest BCUT2D eigenvalue weighted by Crippen LogP contribution is -2.57. The minimum absolute atomic E-state index is 0.347. The molecule has 108 valence electrons. The number of amides is 1. The molecule has 1 amide bonds. The fourth-order valence-electron chi connectivity index (χ4n) is 1.91. The van der Waals surface area contributed by atoms with Crippen molar-refractivity contribution in [3.63, 3.8) is 0 Å². The summed E-state index contributed by atoms with van der Waals surface area (Å²) in [5.41, 5.74) is 5.83. The Bertz CT molecular complexity index is 611. The van der Waals surface area contributed by atoms with Gasteiger partial charge in [-0.25, -0.2) is 0 Å². The molecule has 7 N–H and O–H groups in total. The zero-order valence-corrected chi connectivity index (χ0v) is 10.8. The van der Waals surface area contributed by atoms with Gasteiger partial charge < -0.3 is 31.4 Å². The number of fused-ring (bicyclic) bond motifs is 1. The predicted octanol–water partition coefficient (Wildman–Crippen LogP) is -0.804. The van der Waals surface area contributed by atoms with Crippen molar-refractivity contribution in [3.8, 4) is 0 Å². The van der Waals surface area contributed by atoms with Gasteiger partial charge in [-0.15, -0.1) is 0 Å². The Labute approximate surface area is 115 Å². The molecule has 0 spiro atoms. The van der Waals surface area contributed by atoms with Gasteiger partial charge in [0.15, 0.2) is 0 Å². The van der Waals surface area contributed by atoms with Gasteiger partial charge in [0.2, 0.25) is 0 Å². The van der Waals surface area contributed by atoms with E-state index in [2.05, 4.69) is 10.3 Å². The van der Waals surface area contributed by atoms with Crippen molar-refractivity contribution in [3.05, 3.63) is 30.0 Å². The Hall–Kier alpha value is -2.09. The van der Waals surface area contributed by atoms with E-state index in [4.69, 9.17) is 5.73 Å². The molecule has 0 fully saturated rings. The van der Waals surface area contributed by atoms with E-state index in [-0.39, 0.29) is 0 Å². The largest absolute Gasteiger partial charge is 0.399 e. The number of hydrogen-bond donors (Lipinski definition) is 6. The third kappa shape index (κ3) is 2.46. The lowest BCUT2D eigenvalue weighted by molar-refractivity contribution is 0.0376. The van der Waals surface area contributed by atoms with E-state index in [0.29, 0.717) is 22.2 Å². The van der Waals surface area contributed by atoms with Crippen LogP contribution in [0.25, 0.3) is 10.9 Å². The molecule has 0 saturated heterocycles. The molecule has 0 aliphatic rings. The number of carbonyl (C=O) groups is 1. The monoisotopic (exact) mass is 279 g/mol. The van der Waals surface area contributed by atoms with E-state index in [1.807, 2.05) is 0 Å². The van der Waals surface area contributed by atoms with Gasteiger partial charge in [0.25, 0.3) is 5.91 Å². The molecule has 1 aromatic heterocycles. The minimum atomic E-state index is -1.45. The second-order valence-corrected chi connectivity index (χ2v) is 4.72. The summed E-state index contributed by atoms with van der Waals surface area (Å²) < 4.78 is 0. The van der Waals surface area contributed by atoms with E-state index >= 15 is 0 Å². The summed E-state index contributed by atoms with van der Waals surface area (Å²) in [6.07, 6.45) is 1.51. The SMILES string of the molecule is Nc1ccc2c(C(=O)NC(CO)(CO)CO)c[nH]c2c1. The van der Waals surface area contributed by atoms with Gasteiger partial charge in [-0.05, 0) is 18.2 Å². The lowest BCUT2D eigenvalue weighted by atomic mass is 10.0. The van der Waals surface area contributed by atoms with Crippen LogP contribution in [0.4, 0.5) is 5.69 Å². The molecule has 0 bridgehead atoms. The average molecular weight is 279 g/mol. The first-order valence-electron chi connectivity index (χ1n) is 6.07. The van der Waals surface area contributed by atoms with Crippen LogP contribution in [-0.2, 0) is 0 Å². The zero-order valence-electron chi connectivity index (χ0n) is 10.8. The molecule has 2 aromatic rings. The van der Waals surface area contributed by atoms with Crippen LogP contribution in [0, 0.1) is 0 Å². The van der Waals surface area contributed by atoms with Crippen LogP contribution in [0.3, 0.4) is 0 Å². The maximum Gasteiger partial charge on any atom is 0.254 e. The smallest absolute Gasteiger partial charge is 0.254 e. The van der Waals surface area contributed by atoms with Crippen LogP contribution in [0.5, 0.6) is 0 Å². The van der Waals surface area contributed by atoms with Crippen LogP contribution < -0.4 is 11.1 Å². The maximum absolute atomic E-state index is 12.2. The normalized spacial score (nSPS) is 11.8. The molecule has 7 heteroatoms. The number of rotatable bonds is 5. The van der Waals surface area contributed by atoms with Gasteiger partial charge in [-0.3, -0.25) is 4.79 Å². The average Bonchev–Trinajstić information content (AvgIpc) is 2.87. The van der Waals surface area contributed by atoms with Crippen LogP contribution in [0.2, 0.25) is 0 Å². The number of carbonyl (C=O) groups excluding carboxylic acids is 1. The van der Waals surface area contributed by atoms with Gasteiger partial charge >= 0.3 is 0 Å². The van der Waals surface area contributed by atoms with Gasteiger partial charge in [0, 0.05) is 22.8 Å². The number of nitrogens with one attached hydrogen (secondary N) is 2. The highest BCUT2D eigenvalue weighted by atomic mass is 16.3. The number of aliphatic hydroxyl groups excluding tert-OH is 3. The van der Waals surface area contributed by atoms with Crippen molar-refractivity contribution >= 4 is 22.5 Å². The Morgan fingerprint density at radius 3 is 2.50 bits per heavy atom. The highest BCUT2D eigenvalue weighted by molar-refractivity contribution is 6.07. The van der Waals surface area contributed by atoms with E-state index in [0.717, 1.165) is 0 Å². The van der Waals surface area contributed by atoms with Crippen molar-refractivity contribution in [1.29, 1.82) is 0 Å². The summed E-state index contributed by atoms with van der Waals surface area (Å²) in [5.74, 6) is -0.502. The maximum atomic E-state index is 12.2. The van der Waals surface area contributed by atoms with Crippen LogP contribution in [0.1, 0.15) is 10.4 Å². The van der Waals surface area contributed by atoms with E-state index in [1.165, 1.54) is 6.20 Å². The molecule has 7 nitrogen and oxygen atoms in total. The van der Waals surface area contributed by atoms with Gasteiger partial charge in [0.05, 0.1) is 25.4 Å². The molecule has 0 saturated carbocycles. The summed E-state index contributed by atoms with van der Waals surface area (Å²) in [6.45, 7) is -1.71. The summed E-state index contributed by atoms with van der Waals surface area (Å²) >= 11 is 0. The third-order valence-electron chi connectivity index (χ3n) is 3.24. The van der Waals surface area contributed by atoms with Gasteiger partial charge in [-0.2, -0.15) is 0 Å². The number of nitrogen functional groups attached to an aromatic ring is 1. The molecular weight excluding hydrogens is 262 g/mol. The topological polar surface area (TPSA) is 132 Å². The zero-order chi connectivity index (χ0) is 14.8. The Balaban J connectivity index is 2.32. The number of hydrogen-bond acceptors (Lipinski definition) is 5. The van der Waals surface area contributed by atoms with Crippen molar-refractivity contribution in [1.82, 2.24) is 10.3 Å². The number of anilines is 1. The van der Waals surface area contributed by atoms with Crippen molar-refractivity contribution in [2.24, 2.45) is 0 Å². The number of aromatic nitrogens is 1. The molecule has 0 aliphatic heterocycles. The van der Waals surface area contributed by atoms with Crippen LogP contribution in [-0.4, -0.2) is 51.6 Å². The third-order valence-corrected chi connectivity index (χ3v) is 3.24. The predicted molar refractivity (Wildman–Crippen MR) is 74.2 cm³/mol. The second-order valence-electron chi connectivity index (χ2n) is 4.72. The number of aromatic amines is 1. The van der Waals surface area contributed by atoms with Crippen molar-refractivity contribution < 1.29 is 20.1 Å². The summed E-state index contributed by atoms with van der Waals surface area (Å²) in [7, 11) is 0. The first-order chi connectivity index (χ1) is 9.55. The number of H-pyrrole nitrogens is 1. The van der Waals surface area contributed by atoms with Crippen LogP contribution >= 0.6 is 0 Å². The quantitative estimate of drug-likeness (QED) is 0.399. The van der Waals surface area contributed by atoms with E-state index < -0.39 is 31.3 Å². The molecular formula is C13H17N3O4. The van der Waals surface area contributed by atoms with E-state index in [9.17, 15) is 20.1 Å². The molecule has 0 radical (unpaired) electrons. The van der Waals surface area contributed by atoms with Gasteiger partial charge in [-0.1, -0.05) is 0 Å². The summed E-state index contributed by atoms with van der Waals surface area (Å²) in [6, 6.07) is 5.07. The molecule has 0 atom stereocenters. The van der Waals surface area contributed by atoms with Crippen molar-refractivity contribution in [2.45, 2.75) is 5.54 Å². The van der Waals surface area contributed by atoms with Gasteiger partial charge in [0.1, 0.15) is 5.54 Å². The Kier molecular flexibility index (Phi) is 3.93. The number of nitrogens with two attached hydrogens (primary N) is 1. The van der Waals surface area contributed by atoms with Crippen LogP contribution in [0.15, 0.2) is 24.4 Å². The standard InChI is InChI=1S/C13H17N3O4/c14-8-1-2-9-10(4-15-11(9)3-8)12(20)16-13(5-17,6-18)7-19/h1-4,15,17-19H,5-7,14H2,(H,16,20). The number of benzene rings is 1. The minimum Gasteiger partial charge on any atom is -0.399 e. The Morgan fingerprint density at radius 1 is 1.25 bits per heavy atom. The fraction of sp³-hybridized carbons (Fsp3) is 0.308.